The molecule has 0 bridgehead atoms. The van der Waals surface area contributed by atoms with Crippen molar-refractivity contribution in [1.82, 2.24) is 4.98 Å². The van der Waals surface area contributed by atoms with Crippen LogP contribution in [0.3, 0.4) is 0 Å². The standard InChI is InChI=1S/C8H10FNO4S/c1-13-8-6(3-7(9)4-10-8)5-14-15(2,11)12/h3-4H,5H2,1-2H3. The minimum Gasteiger partial charge on any atom is -0.481 e. The topological polar surface area (TPSA) is 65.5 Å². The summed E-state index contributed by atoms with van der Waals surface area (Å²) in [5.41, 5.74) is 0.239. The lowest BCUT2D eigenvalue weighted by molar-refractivity contribution is 0.298. The maximum atomic E-state index is 12.8. The highest BCUT2D eigenvalue weighted by Gasteiger charge is 2.09. The van der Waals surface area contributed by atoms with E-state index in [-0.39, 0.29) is 18.1 Å². The van der Waals surface area contributed by atoms with Crippen molar-refractivity contribution in [2.24, 2.45) is 0 Å². The first kappa shape index (κ1) is 11.9. The number of pyridine rings is 1. The third-order valence-electron chi connectivity index (χ3n) is 1.51. The van der Waals surface area contributed by atoms with E-state index in [4.69, 9.17) is 4.74 Å². The number of ether oxygens (including phenoxy) is 1. The molecule has 0 radical (unpaired) electrons. The molecule has 1 aromatic rings. The van der Waals surface area contributed by atoms with E-state index in [9.17, 15) is 12.8 Å². The lowest BCUT2D eigenvalue weighted by Crippen LogP contribution is -2.05. The number of hydrogen-bond acceptors (Lipinski definition) is 5. The first-order valence-corrected chi connectivity index (χ1v) is 5.77. The largest absolute Gasteiger partial charge is 0.481 e. The molecule has 0 aliphatic carbocycles. The Balaban J connectivity index is 2.88. The number of aromatic nitrogens is 1. The molecule has 0 aliphatic rings. The minimum atomic E-state index is -3.57. The van der Waals surface area contributed by atoms with Gasteiger partial charge in [0, 0.05) is 5.56 Å². The van der Waals surface area contributed by atoms with Gasteiger partial charge in [-0.1, -0.05) is 0 Å². The maximum Gasteiger partial charge on any atom is 0.264 e. The molecule has 0 aliphatic heterocycles. The van der Waals surface area contributed by atoms with Crippen LogP contribution < -0.4 is 4.74 Å². The molecule has 1 heterocycles. The van der Waals surface area contributed by atoms with E-state index in [1.54, 1.807) is 0 Å². The van der Waals surface area contributed by atoms with E-state index in [0.717, 1.165) is 18.5 Å². The number of hydrogen-bond donors (Lipinski definition) is 0. The average molecular weight is 235 g/mol. The van der Waals surface area contributed by atoms with Gasteiger partial charge >= 0.3 is 0 Å². The third kappa shape index (κ3) is 3.80. The predicted octanol–water partition coefficient (Wildman–Crippen LogP) is 0.706. The Labute approximate surface area is 87.0 Å². The monoisotopic (exact) mass is 235 g/mol. The zero-order valence-corrected chi connectivity index (χ0v) is 9.04. The molecular formula is C8H10FNO4S. The second-order valence-electron chi connectivity index (χ2n) is 2.79. The maximum absolute atomic E-state index is 12.8. The summed E-state index contributed by atoms with van der Waals surface area (Å²) < 4.78 is 43.5. The molecule has 0 fully saturated rings. The van der Waals surface area contributed by atoms with Crippen LogP contribution >= 0.6 is 0 Å². The summed E-state index contributed by atoms with van der Waals surface area (Å²) in [6.07, 6.45) is 1.88. The fourth-order valence-corrected chi connectivity index (χ4v) is 1.27. The van der Waals surface area contributed by atoms with Crippen molar-refractivity contribution in [3.05, 3.63) is 23.6 Å². The summed E-state index contributed by atoms with van der Waals surface area (Å²) in [7, 11) is -2.21. The molecule has 0 aromatic carbocycles. The van der Waals surface area contributed by atoms with Gasteiger partial charge in [-0.3, -0.25) is 4.18 Å². The Morgan fingerprint density at radius 2 is 2.20 bits per heavy atom. The highest BCUT2D eigenvalue weighted by atomic mass is 32.2. The van der Waals surface area contributed by atoms with Crippen molar-refractivity contribution < 1.29 is 21.7 Å². The normalized spacial score (nSPS) is 11.4. The Bertz CT molecular complexity index is 446. The fraction of sp³-hybridized carbons (Fsp3) is 0.375. The summed E-state index contributed by atoms with van der Waals surface area (Å²) in [6.45, 7) is -0.299. The fourth-order valence-electron chi connectivity index (χ4n) is 0.926. The summed E-state index contributed by atoms with van der Waals surface area (Å²) in [5, 5.41) is 0. The van der Waals surface area contributed by atoms with Crippen molar-refractivity contribution in [1.29, 1.82) is 0 Å². The van der Waals surface area contributed by atoms with E-state index < -0.39 is 15.9 Å². The summed E-state index contributed by atoms with van der Waals surface area (Å²) in [4.78, 5) is 3.63. The van der Waals surface area contributed by atoms with E-state index in [0.29, 0.717) is 0 Å². The second-order valence-corrected chi connectivity index (χ2v) is 4.43. The molecule has 0 unspecified atom stereocenters. The molecule has 1 rings (SSSR count). The van der Waals surface area contributed by atoms with Crippen molar-refractivity contribution in [3.8, 4) is 5.88 Å². The molecule has 5 nitrogen and oxygen atoms in total. The molecule has 7 heteroatoms. The van der Waals surface area contributed by atoms with Crippen LogP contribution in [-0.2, 0) is 20.9 Å². The molecule has 0 spiro atoms. The van der Waals surface area contributed by atoms with E-state index in [1.165, 1.54) is 7.11 Å². The van der Waals surface area contributed by atoms with Gasteiger partial charge in [-0.25, -0.2) is 9.37 Å². The molecule has 1 aromatic heterocycles. The van der Waals surface area contributed by atoms with E-state index >= 15 is 0 Å². The number of rotatable bonds is 4. The van der Waals surface area contributed by atoms with Gasteiger partial charge in [0.1, 0.15) is 5.82 Å². The van der Waals surface area contributed by atoms with Crippen molar-refractivity contribution in [2.45, 2.75) is 6.61 Å². The zero-order valence-electron chi connectivity index (χ0n) is 8.23. The van der Waals surface area contributed by atoms with Gasteiger partial charge in [-0.15, -0.1) is 0 Å². The minimum absolute atomic E-state index is 0.139. The first-order chi connectivity index (χ1) is 6.92. The van der Waals surface area contributed by atoms with Crippen LogP contribution in [0.5, 0.6) is 5.88 Å². The smallest absolute Gasteiger partial charge is 0.264 e. The number of methoxy groups -OCH3 is 1. The Morgan fingerprint density at radius 3 is 2.73 bits per heavy atom. The van der Waals surface area contributed by atoms with Gasteiger partial charge in [-0.05, 0) is 6.07 Å². The quantitative estimate of drug-likeness (QED) is 0.719. The molecule has 0 amide bonds. The zero-order chi connectivity index (χ0) is 11.5. The highest BCUT2D eigenvalue weighted by molar-refractivity contribution is 7.85. The SMILES string of the molecule is COc1ncc(F)cc1COS(C)(=O)=O. The average Bonchev–Trinajstić information content (AvgIpc) is 2.14. The van der Waals surface area contributed by atoms with Crippen molar-refractivity contribution in [3.63, 3.8) is 0 Å². The van der Waals surface area contributed by atoms with Crippen LogP contribution in [0.4, 0.5) is 4.39 Å². The predicted molar refractivity (Wildman–Crippen MR) is 50.4 cm³/mol. The molecule has 0 atom stereocenters. The lowest BCUT2D eigenvalue weighted by atomic mass is 10.3. The summed E-state index contributed by atoms with van der Waals surface area (Å²) in [5.74, 6) is -0.442. The molecule has 15 heavy (non-hydrogen) atoms. The van der Waals surface area contributed by atoms with Crippen molar-refractivity contribution >= 4 is 10.1 Å². The lowest BCUT2D eigenvalue weighted by Gasteiger charge is -2.06. The molecule has 0 saturated carbocycles. The van der Waals surface area contributed by atoms with Gasteiger partial charge in [0.15, 0.2) is 0 Å². The molecule has 84 valence electrons. The van der Waals surface area contributed by atoms with Crippen molar-refractivity contribution in [2.75, 3.05) is 13.4 Å². The second kappa shape index (κ2) is 4.54. The van der Waals surface area contributed by atoms with E-state index in [2.05, 4.69) is 9.17 Å². The number of nitrogens with zero attached hydrogens (tertiary/aromatic N) is 1. The van der Waals surface area contributed by atoms with Crippen LogP contribution in [0, 0.1) is 5.82 Å². The Morgan fingerprint density at radius 1 is 1.53 bits per heavy atom. The first-order valence-electron chi connectivity index (χ1n) is 3.95. The van der Waals surface area contributed by atoms with Crippen LogP contribution in [0.1, 0.15) is 5.56 Å². The summed E-state index contributed by atoms with van der Waals surface area (Å²) >= 11 is 0. The summed E-state index contributed by atoms with van der Waals surface area (Å²) in [6, 6.07) is 1.11. The molecule has 0 N–H and O–H groups in total. The van der Waals surface area contributed by atoms with Gasteiger partial charge in [0.05, 0.1) is 26.2 Å². The van der Waals surface area contributed by atoms with Gasteiger partial charge in [-0.2, -0.15) is 8.42 Å². The van der Waals surface area contributed by atoms with Gasteiger partial charge < -0.3 is 4.74 Å². The van der Waals surface area contributed by atoms with Crippen LogP contribution in [0.2, 0.25) is 0 Å². The molecular weight excluding hydrogens is 225 g/mol. The van der Waals surface area contributed by atoms with Crippen LogP contribution in [0.15, 0.2) is 12.3 Å². The Hall–Kier alpha value is -1.21. The third-order valence-corrected chi connectivity index (χ3v) is 2.06. The van der Waals surface area contributed by atoms with E-state index in [1.807, 2.05) is 0 Å². The van der Waals surface area contributed by atoms with Crippen LogP contribution in [-0.4, -0.2) is 26.8 Å². The van der Waals surface area contributed by atoms with Gasteiger partial charge in [0.2, 0.25) is 5.88 Å². The van der Waals surface area contributed by atoms with Gasteiger partial charge in [0.25, 0.3) is 10.1 Å². The highest BCUT2D eigenvalue weighted by Crippen LogP contribution is 2.17. The number of halogens is 1. The Kier molecular flexibility index (Phi) is 3.59. The van der Waals surface area contributed by atoms with Crippen LogP contribution in [0.25, 0.3) is 0 Å². The molecule has 0 saturated heterocycles.